The second-order valence-electron chi connectivity index (χ2n) is 10.7. The van der Waals surface area contributed by atoms with E-state index in [0.717, 1.165) is 29.5 Å². The Bertz CT molecular complexity index is 1430. The maximum atomic E-state index is 13.7. The van der Waals surface area contributed by atoms with Gasteiger partial charge in [0, 0.05) is 38.7 Å². The fourth-order valence-electron chi connectivity index (χ4n) is 5.63. The van der Waals surface area contributed by atoms with Crippen LogP contribution in [0.5, 0.6) is 11.5 Å². The van der Waals surface area contributed by atoms with Gasteiger partial charge in [-0.05, 0) is 36.6 Å². The van der Waals surface area contributed by atoms with Crippen LogP contribution in [0.2, 0.25) is 0 Å². The summed E-state index contributed by atoms with van der Waals surface area (Å²) in [6, 6.07) is 9.80. The first-order valence-electron chi connectivity index (χ1n) is 14.7. The molecule has 1 saturated heterocycles. The molecule has 0 aromatic heterocycles. The Morgan fingerprint density at radius 2 is 1.70 bits per heavy atom. The minimum Gasteiger partial charge on any atom is -0.486 e. The van der Waals surface area contributed by atoms with E-state index >= 15 is 0 Å². The van der Waals surface area contributed by atoms with Crippen molar-refractivity contribution in [2.75, 3.05) is 59.2 Å². The summed E-state index contributed by atoms with van der Waals surface area (Å²) in [5, 5.41) is 5.41. The van der Waals surface area contributed by atoms with Crippen LogP contribution in [0.15, 0.2) is 47.4 Å². The van der Waals surface area contributed by atoms with Crippen LogP contribution in [-0.2, 0) is 42.0 Å². The SMILES string of the molecule is CCN1C(C(=O)N[C@@H](Cc2ccccc2)C(=O)C(=O)NCCCN2CCOCC2)Cc2cc3c(cc2S1(=O)=O)OCCO3. The zero-order valence-electron chi connectivity index (χ0n) is 24.3. The molecule has 0 saturated carbocycles. The molecule has 0 spiro atoms. The van der Waals surface area contributed by atoms with Crippen molar-refractivity contribution in [2.24, 2.45) is 0 Å². The number of carbonyl (C=O) groups is 3. The zero-order chi connectivity index (χ0) is 30.4. The number of benzene rings is 2. The van der Waals surface area contributed by atoms with Gasteiger partial charge in [0.05, 0.1) is 18.1 Å². The lowest BCUT2D eigenvalue weighted by atomic mass is 9.99. The molecular formula is C30H38N4O8S. The molecule has 1 fully saturated rings. The number of rotatable bonds is 11. The van der Waals surface area contributed by atoms with Gasteiger partial charge in [-0.15, -0.1) is 0 Å². The average molecular weight is 615 g/mol. The van der Waals surface area contributed by atoms with E-state index in [1.807, 2.05) is 6.07 Å². The van der Waals surface area contributed by atoms with Gasteiger partial charge in [0.25, 0.3) is 5.91 Å². The Kier molecular flexibility index (Phi) is 9.96. The van der Waals surface area contributed by atoms with Crippen LogP contribution < -0.4 is 20.1 Å². The van der Waals surface area contributed by atoms with Gasteiger partial charge in [0.1, 0.15) is 25.3 Å². The first kappa shape index (κ1) is 30.9. The smallest absolute Gasteiger partial charge is 0.289 e. The predicted octanol–water partition coefficient (Wildman–Crippen LogP) is 0.528. The normalized spacial score (nSPS) is 20.4. The van der Waals surface area contributed by atoms with Crippen molar-refractivity contribution < 1.29 is 37.0 Å². The number of nitrogens with one attached hydrogen (secondary N) is 2. The van der Waals surface area contributed by atoms with Crippen LogP contribution in [-0.4, -0.2) is 106 Å². The van der Waals surface area contributed by atoms with Crippen molar-refractivity contribution in [2.45, 2.75) is 43.2 Å². The number of sulfonamides is 1. The third-order valence-electron chi connectivity index (χ3n) is 7.87. The first-order chi connectivity index (χ1) is 20.8. The Morgan fingerprint density at radius 3 is 2.40 bits per heavy atom. The van der Waals surface area contributed by atoms with Crippen molar-refractivity contribution in [3.8, 4) is 11.5 Å². The van der Waals surface area contributed by atoms with Crippen LogP contribution in [0.1, 0.15) is 24.5 Å². The molecule has 3 aliphatic rings. The zero-order valence-corrected chi connectivity index (χ0v) is 25.1. The van der Waals surface area contributed by atoms with E-state index in [0.29, 0.717) is 56.5 Å². The number of ketones is 1. The van der Waals surface area contributed by atoms with Crippen molar-refractivity contribution in [3.63, 3.8) is 0 Å². The van der Waals surface area contributed by atoms with Gasteiger partial charge in [0.2, 0.25) is 21.7 Å². The highest BCUT2D eigenvalue weighted by Gasteiger charge is 2.43. The molecule has 43 heavy (non-hydrogen) atoms. The third kappa shape index (κ3) is 7.18. The highest BCUT2D eigenvalue weighted by atomic mass is 32.2. The molecule has 3 heterocycles. The van der Waals surface area contributed by atoms with Crippen LogP contribution >= 0.6 is 0 Å². The molecular weight excluding hydrogens is 576 g/mol. The van der Waals surface area contributed by atoms with Gasteiger partial charge >= 0.3 is 0 Å². The van der Waals surface area contributed by atoms with E-state index < -0.39 is 39.7 Å². The first-order valence-corrected chi connectivity index (χ1v) is 16.1. The topological polar surface area (TPSA) is 144 Å². The van der Waals surface area contributed by atoms with E-state index in [2.05, 4.69) is 15.5 Å². The van der Waals surface area contributed by atoms with Crippen molar-refractivity contribution >= 4 is 27.6 Å². The number of fused-ring (bicyclic) bond motifs is 2. The summed E-state index contributed by atoms with van der Waals surface area (Å²) in [6.07, 6.45) is 0.816. The largest absolute Gasteiger partial charge is 0.486 e. The van der Waals surface area contributed by atoms with Gasteiger partial charge in [-0.3, -0.25) is 19.3 Å². The van der Waals surface area contributed by atoms with Crippen LogP contribution in [0, 0.1) is 0 Å². The molecule has 0 aliphatic carbocycles. The quantitative estimate of drug-likeness (QED) is 0.274. The maximum Gasteiger partial charge on any atom is 0.289 e. The van der Waals surface area contributed by atoms with Crippen molar-refractivity contribution in [1.82, 2.24) is 19.8 Å². The number of Topliss-reactive ketones (excluding diaryl/α,β-unsaturated/α-hetero) is 1. The Morgan fingerprint density at radius 1 is 1.00 bits per heavy atom. The molecule has 2 N–H and O–H groups in total. The molecule has 2 aromatic rings. The molecule has 12 nitrogen and oxygen atoms in total. The number of hydrogen-bond donors (Lipinski definition) is 2. The lowest BCUT2D eigenvalue weighted by molar-refractivity contribution is -0.140. The summed E-state index contributed by atoms with van der Waals surface area (Å²) in [7, 11) is -4.06. The van der Waals surface area contributed by atoms with Crippen LogP contribution in [0.25, 0.3) is 0 Å². The number of nitrogens with zero attached hydrogens (tertiary/aromatic N) is 2. The lowest BCUT2D eigenvalue weighted by Gasteiger charge is -2.35. The lowest BCUT2D eigenvalue weighted by Crippen LogP contribution is -2.57. The monoisotopic (exact) mass is 614 g/mol. The number of carbonyl (C=O) groups excluding carboxylic acids is 3. The van der Waals surface area contributed by atoms with Gasteiger partial charge in [0.15, 0.2) is 11.5 Å². The second kappa shape index (κ2) is 13.8. The Balaban J connectivity index is 1.30. The molecule has 232 valence electrons. The maximum absolute atomic E-state index is 13.7. The van der Waals surface area contributed by atoms with Crippen molar-refractivity contribution in [1.29, 1.82) is 0 Å². The summed E-state index contributed by atoms with van der Waals surface area (Å²) in [4.78, 5) is 42.4. The number of ether oxygens (including phenoxy) is 3. The second-order valence-corrected chi connectivity index (χ2v) is 12.6. The van der Waals surface area contributed by atoms with E-state index in [4.69, 9.17) is 14.2 Å². The standard InChI is InChI=1S/C30H38N4O8S/c1-2-34-24(18-22-19-25-26(42-16-15-41-25)20-27(22)43(34,38)39)29(36)32-23(17-21-7-4-3-5-8-21)28(35)30(37)31-9-6-10-33-11-13-40-14-12-33/h3-5,7-8,19-20,23-24H,2,6,9-18H2,1H3,(H,31,37)(H,32,36)/t23-,24?/m0/s1. The van der Waals surface area contributed by atoms with Gasteiger partial charge < -0.3 is 24.8 Å². The number of amides is 2. The van der Waals surface area contributed by atoms with Crippen molar-refractivity contribution in [3.05, 3.63) is 53.6 Å². The summed E-state index contributed by atoms with van der Waals surface area (Å²) < 4.78 is 44.9. The average Bonchev–Trinajstić information content (AvgIpc) is 3.02. The fourth-order valence-corrected chi connectivity index (χ4v) is 7.46. The molecule has 5 rings (SSSR count). The summed E-state index contributed by atoms with van der Waals surface area (Å²) >= 11 is 0. The molecule has 0 radical (unpaired) electrons. The molecule has 13 heteroatoms. The number of hydrogen-bond acceptors (Lipinski definition) is 9. The molecule has 2 atom stereocenters. The highest BCUT2D eigenvalue weighted by molar-refractivity contribution is 7.89. The van der Waals surface area contributed by atoms with Crippen LogP contribution in [0.3, 0.4) is 0 Å². The molecule has 2 amide bonds. The van der Waals surface area contributed by atoms with Gasteiger partial charge in [-0.25, -0.2) is 8.42 Å². The summed E-state index contributed by atoms with van der Waals surface area (Å²) in [5.41, 5.74) is 1.18. The molecule has 1 unspecified atom stereocenters. The predicted molar refractivity (Wildman–Crippen MR) is 156 cm³/mol. The molecule has 0 bridgehead atoms. The van der Waals surface area contributed by atoms with Crippen LogP contribution in [0.4, 0.5) is 0 Å². The Hall–Kier alpha value is -3.52. The summed E-state index contributed by atoms with van der Waals surface area (Å²) in [5.74, 6) is -1.46. The summed E-state index contributed by atoms with van der Waals surface area (Å²) in [6.45, 7) is 6.44. The number of morpholine rings is 1. The molecule has 2 aromatic carbocycles. The van der Waals surface area contributed by atoms with E-state index in [1.165, 1.54) is 6.07 Å². The third-order valence-corrected chi connectivity index (χ3v) is 9.93. The van der Waals surface area contributed by atoms with E-state index in [1.54, 1.807) is 37.3 Å². The van der Waals surface area contributed by atoms with E-state index in [-0.39, 0.29) is 24.3 Å². The number of likely N-dealkylation sites (N-methyl/N-ethyl adjacent to an activating group) is 1. The highest BCUT2D eigenvalue weighted by Crippen LogP contribution is 2.39. The minimum absolute atomic E-state index is 0.0369. The molecule has 3 aliphatic heterocycles. The Labute approximate surface area is 251 Å². The fraction of sp³-hybridized carbons (Fsp3) is 0.500. The van der Waals surface area contributed by atoms with E-state index in [9.17, 15) is 22.8 Å². The minimum atomic E-state index is -4.06. The van der Waals surface area contributed by atoms with Gasteiger partial charge in [-0.2, -0.15) is 4.31 Å². The van der Waals surface area contributed by atoms with Gasteiger partial charge in [-0.1, -0.05) is 37.3 Å².